The summed E-state index contributed by atoms with van der Waals surface area (Å²) in [7, 11) is -3.95. The maximum Gasteiger partial charge on any atom is 0.289 e. The Morgan fingerprint density at radius 1 is 1.45 bits per heavy atom. The smallest absolute Gasteiger partial charge is 0.289 e. The minimum Gasteiger partial charge on any atom is -0.324 e. The van der Waals surface area contributed by atoms with Crippen molar-refractivity contribution in [1.29, 1.82) is 0 Å². The van der Waals surface area contributed by atoms with Crippen molar-refractivity contribution in [2.45, 2.75) is 11.3 Å². The first-order valence-electron chi connectivity index (χ1n) is 5.66. The van der Waals surface area contributed by atoms with Gasteiger partial charge in [-0.05, 0) is 30.6 Å². The molecular weight excluding hydrogens is 304 g/mol. The van der Waals surface area contributed by atoms with Crippen LogP contribution in [0.1, 0.15) is 6.42 Å². The zero-order valence-corrected chi connectivity index (χ0v) is 12.5. The normalized spacial score (nSPS) is 11.3. The van der Waals surface area contributed by atoms with Crippen molar-refractivity contribution in [3.05, 3.63) is 28.3 Å². The Labute approximate surface area is 121 Å². The number of rotatable bonds is 8. The van der Waals surface area contributed by atoms with E-state index in [0.29, 0.717) is 6.42 Å². The van der Waals surface area contributed by atoms with Gasteiger partial charge >= 0.3 is 0 Å². The minimum atomic E-state index is -3.95. The topological polar surface area (TPSA) is 127 Å². The van der Waals surface area contributed by atoms with Crippen LogP contribution in [0.4, 0.5) is 11.4 Å². The van der Waals surface area contributed by atoms with Gasteiger partial charge in [0.15, 0.2) is 4.90 Å². The third-order valence-electron chi connectivity index (χ3n) is 2.43. The van der Waals surface area contributed by atoms with Gasteiger partial charge in [0.2, 0.25) is 10.0 Å². The molecule has 1 aromatic carbocycles. The Balaban J connectivity index is 3.05. The van der Waals surface area contributed by atoms with Crippen LogP contribution < -0.4 is 16.0 Å². The molecule has 0 aliphatic heterocycles. The molecule has 0 aliphatic rings. The van der Waals surface area contributed by atoms with E-state index in [1.807, 2.05) is 6.26 Å². The zero-order chi connectivity index (χ0) is 15.2. The highest BCUT2D eigenvalue weighted by Crippen LogP contribution is 2.26. The summed E-state index contributed by atoms with van der Waals surface area (Å²) in [5.74, 6) is 5.99. The molecule has 8 nitrogen and oxygen atoms in total. The van der Waals surface area contributed by atoms with Crippen LogP contribution in [-0.2, 0) is 10.0 Å². The summed E-state index contributed by atoms with van der Waals surface area (Å²) in [6.07, 6.45) is 2.55. The van der Waals surface area contributed by atoms with E-state index in [1.165, 1.54) is 6.07 Å². The maximum absolute atomic E-state index is 12.1. The number of sulfonamides is 1. The molecule has 0 aromatic heterocycles. The van der Waals surface area contributed by atoms with Crippen molar-refractivity contribution in [2.24, 2.45) is 5.84 Å². The lowest BCUT2D eigenvalue weighted by Gasteiger charge is -2.08. The van der Waals surface area contributed by atoms with Crippen LogP contribution in [0, 0.1) is 10.1 Å². The Morgan fingerprint density at radius 3 is 2.70 bits per heavy atom. The molecule has 20 heavy (non-hydrogen) atoms. The number of thioether (sulfide) groups is 1. The number of hydrazine groups is 1. The highest BCUT2D eigenvalue weighted by molar-refractivity contribution is 7.98. The number of nitrogens with one attached hydrogen (secondary N) is 2. The first-order chi connectivity index (χ1) is 9.42. The van der Waals surface area contributed by atoms with Crippen LogP contribution in [0.15, 0.2) is 23.1 Å². The standard InChI is InChI=1S/C10H16N4O4S2/c1-19-6-2-5-12-20(17,18)10-7-8(13-11)3-4-9(10)14(15)16/h3-4,7,12-13H,2,5-6,11H2,1H3. The van der Waals surface area contributed by atoms with Crippen LogP contribution in [0.5, 0.6) is 0 Å². The summed E-state index contributed by atoms with van der Waals surface area (Å²) in [5, 5.41) is 10.9. The molecule has 0 aliphatic carbocycles. The van der Waals surface area contributed by atoms with E-state index < -0.39 is 25.5 Å². The number of nitrogen functional groups attached to an aromatic ring is 1. The number of hydrogen-bond acceptors (Lipinski definition) is 7. The van der Waals surface area contributed by atoms with Gasteiger partial charge in [0.25, 0.3) is 5.69 Å². The van der Waals surface area contributed by atoms with Gasteiger partial charge in [-0.25, -0.2) is 13.1 Å². The van der Waals surface area contributed by atoms with E-state index in [-0.39, 0.29) is 12.2 Å². The fourth-order valence-electron chi connectivity index (χ4n) is 1.47. The van der Waals surface area contributed by atoms with E-state index in [9.17, 15) is 18.5 Å². The number of nitrogens with zero attached hydrogens (tertiary/aromatic N) is 1. The average molecular weight is 320 g/mol. The van der Waals surface area contributed by atoms with Crippen LogP contribution in [0.25, 0.3) is 0 Å². The quantitative estimate of drug-likeness (QED) is 0.281. The molecule has 0 saturated carbocycles. The highest BCUT2D eigenvalue weighted by Gasteiger charge is 2.25. The molecule has 10 heteroatoms. The van der Waals surface area contributed by atoms with Crippen molar-refractivity contribution < 1.29 is 13.3 Å². The van der Waals surface area contributed by atoms with Gasteiger partial charge in [-0.3, -0.25) is 16.0 Å². The van der Waals surface area contributed by atoms with Gasteiger partial charge in [0.1, 0.15) is 0 Å². The number of hydrogen-bond donors (Lipinski definition) is 3. The lowest BCUT2D eigenvalue weighted by molar-refractivity contribution is -0.387. The minimum absolute atomic E-state index is 0.223. The molecule has 4 N–H and O–H groups in total. The molecule has 0 fully saturated rings. The summed E-state index contributed by atoms with van der Waals surface area (Å²) >= 11 is 1.59. The van der Waals surface area contributed by atoms with Crippen molar-refractivity contribution in [3.63, 3.8) is 0 Å². The summed E-state index contributed by atoms with van der Waals surface area (Å²) in [4.78, 5) is 9.76. The van der Waals surface area contributed by atoms with Crippen molar-refractivity contribution in [2.75, 3.05) is 24.0 Å². The van der Waals surface area contributed by atoms with Crippen molar-refractivity contribution in [3.8, 4) is 0 Å². The third kappa shape index (κ3) is 4.34. The van der Waals surface area contributed by atoms with E-state index in [2.05, 4.69) is 10.1 Å². The predicted octanol–water partition coefficient (Wildman–Crippen LogP) is 0.912. The monoisotopic (exact) mass is 320 g/mol. The summed E-state index contributed by atoms with van der Waals surface area (Å²) in [5.41, 5.74) is 2.06. The molecule has 0 atom stereocenters. The first-order valence-corrected chi connectivity index (χ1v) is 8.53. The molecule has 0 radical (unpaired) electrons. The van der Waals surface area contributed by atoms with Gasteiger partial charge in [0, 0.05) is 12.6 Å². The van der Waals surface area contributed by atoms with Gasteiger partial charge in [-0.1, -0.05) is 0 Å². The second kappa shape index (κ2) is 7.43. The van der Waals surface area contributed by atoms with Crippen LogP contribution in [-0.4, -0.2) is 31.9 Å². The molecule has 1 aromatic rings. The van der Waals surface area contributed by atoms with Gasteiger partial charge in [-0.15, -0.1) is 0 Å². The number of benzene rings is 1. The second-order valence-electron chi connectivity index (χ2n) is 3.83. The highest BCUT2D eigenvalue weighted by atomic mass is 32.2. The third-order valence-corrected chi connectivity index (χ3v) is 4.62. The fraction of sp³-hybridized carbons (Fsp3) is 0.400. The van der Waals surface area contributed by atoms with E-state index in [4.69, 9.17) is 5.84 Å². The van der Waals surface area contributed by atoms with E-state index >= 15 is 0 Å². The Bertz CT molecular complexity index is 577. The number of anilines is 1. The van der Waals surface area contributed by atoms with Crippen molar-refractivity contribution in [1.82, 2.24) is 4.72 Å². The molecule has 0 amide bonds. The largest absolute Gasteiger partial charge is 0.324 e. The zero-order valence-electron chi connectivity index (χ0n) is 10.8. The number of nitro benzene ring substituents is 1. The molecular formula is C10H16N4O4S2. The van der Waals surface area contributed by atoms with Gasteiger partial charge < -0.3 is 5.43 Å². The summed E-state index contributed by atoms with van der Waals surface area (Å²) < 4.78 is 26.5. The molecule has 0 heterocycles. The average Bonchev–Trinajstić information content (AvgIpc) is 2.42. The summed E-state index contributed by atoms with van der Waals surface area (Å²) in [6, 6.07) is 3.57. The fourth-order valence-corrected chi connectivity index (χ4v) is 3.17. The first kappa shape index (κ1) is 16.7. The van der Waals surface area contributed by atoms with E-state index in [1.54, 1.807) is 11.8 Å². The van der Waals surface area contributed by atoms with Gasteiger partial charge in [-0.2, -0.15) is 11.8 Å². The molecule has 0 saturated heterocycles. The van der Waals surface area contributed by atoms with Crippen molar-refractivity contribution >= 4 is 33.2 Å². The molecule has 112 valence electrons. The van der Waals surface area contributed by atoms with E-state index in [0.717, 1.165) is 17.9 Å². The van der Waals surface area contributed by atoms with Crippen LogP contribution >= 0.6 is 11.8 Å². The SMILES string of the molecule is CSCCCNS(=O)(=O)c1cc(NN)ccc1[N+](=O)[O-]. The van der Waals surface area contributed by atoms with Crippen LogP contribution in [0.3, 0.4) is 0 Å². The molecule has 0 unspecified atom stereocenters. The lowest BCUT2D eigenvalue weighted by atomic mass is 10.3. The number of nitro groups is 1. The Kier molecular flexibility index (Phi) is 6.20. The van der Waals surface area contributed by atoms with Gasteiger partial charge in [0.05, 0.1) is 10.6 Å². The Hall–Kier alpha value is -1.36. The molecule has 1 rings (SSSR count). The number of nitrogens with two attached hydrogens (primary N) is 1. The lowest BCUT2D eigenvalue weighted by Crippen LogP contribution is -2.26. The summed E-state index contributed by atoms with van der Waals surface area (Å²) in [6.45, 7) is 0.223. The maximum atomic E-state index is 12.1. The predicted molar refractivity (Wildman–Crippen MR) is 79.1 cm³/mol. The molecule has 0 spiro atoms. The Morgan fingerprint density at radius 2 is 2.15 bits per heavy atom. The molecule has 0 bridgehead atoms. The van der Waals surface area contributed by atoms with Crippen LogP contribution in [0.2, 0.25) is 0 Å². The second-order valence-corrected chi connectivity index (χ2v) is 6.55.